The summed E-state index contributed by atoms with van der Waals surface area (Å²) < 4.78 is 2.94. The molecule has 0 aliphatic carbocycles. The minimum atomic E-state index is 0.208. The van der Waals surface area contributed by atoms with Gasteiger partial charge in [-0.15, -0.1) is 0 Å². The van der Waals surface area contributed by atoms with E-state index in [4.69, 9.17) is 0 Å². The Kier molecular flexibility index (Phi) is 3.49. The Morgan fingerprint density at radius 3 is 2.56 bits per heavy atom. The van der Waals surface area contributed by atoms with E-state index in [9.17, 15) is 0 Å². The summed E-state index contributed by atoms with van der Waals surface area (Å²) in [5, 5.41) is 4.61. The second-order valence-electron chi connectivity index (χ2n) is 5.99. The number of aryl methyl sites for hydroxylation is 1. The third kappa shape index (κ3) is 2.58. The Morgan fingerprint density at radius 2 is 2.00 bits per heavy atom. The van der Waals surface area contributed by atoms with Crippen molar-refractivity contribution in [2.24, 2.45) is 5.41 Å². The van der Waals surface area contributed by atoms with E-state index in [2.05, 4.69) is 66.7 Å². The van der Waals surface area contributed by atoms with Gasteiger partial charge < -0.3 is 0 Å². The van der Waals surface area contributed by atoms with Gasteiger partial charge in [0.05, 0.1) is 0 Å². The summed E-state index contributed by atoms with van der Waals surface area (Å²) in [6, 6.07) is 2.11. The van der Waals surface area contributed by atoms with Gasteiger partial charge in [0.2, 0.25) is 0 Å². The van der Waals surface area contributed by atoms with Gasteiger partial charge in [-0.25, -0.2) is 9.50 Å². The van der Waals surface area contributed by atoms with Crippen LogP contribution in [-0.2, 0) is 12.8 Å². The van der Waals surface area contributed by atoms with Crippen LogP contribution in [0.25, 0.3) is 5.65 Å². The summed E-state index contributed by atoms with van der Waals surface area (Å²) in [5.74, 6) is 0.913. The van der Waals surface area contributed by atoms with E-state index in [1.54, 1.807) is 0 Å². The van der Waals surface area contributed by atoms with E-state index in [0.29, 0.717) is 0 Å². The van der Waals surface area contributed by atoms with Crippen molar-refractivity contribution in [1.29, 1.82) is 0 Å². The van der Waals surface area contributed by atoms with Crippen molar-refractivity contribution < 1.29 is 0 Å². The highest BCUT2D eigenvalue weighted by Gasteiger charge is 2.17. The predicted molar refractivity (Wildman–Crippen MR) is 78.0 cm³/mol. The number of hydrogen-bond acceptors (Lipinski definition) is 2. The minimum absolute atomic E-state index is 0.208. The zero-order valence-electron chi connectivity index (χ0n) is 11.7. The summed E-state index contributed by atoms with van der Waals surface area (Å²) in [4.78, 5) is 4.62. The standard InChI is InChI=1S/C14H20BrN3/c1-6-10-9(2)7-12-16-11(8-14(3,4)5)17-18(12)13(10)15/h7H,6,8H2,1-5H3. The summed E-state index contributed by atoms with van der Waals surface area (Å²) >= 11 is 3.65. The molecule has 0 amide bonds. The molecule has 98 valence electrons. The largest absolute Gasteiger partial charge is 0.212 e. The van der Waals surface area contributed by atoms with Crippen molar-refractivity contribution >= 4 is 21.6 Å². The first-order valence-electron chi connectivity index (χ1n) is 6.35. The van der Waals surface area contributed by atoms with Crippen LogP contribution in [0.4, 0.5) is 0 Å². The third-order valence-corrected chi connectivity index (χ3v) is 3.79. The van der Waals surface area contributed by atoms with Crippen LogP contribution < -0.4 is 0 Å². The Hall–Kier alpha value is -0.900. The predicted octanol–water partition coefficient (Wildman–Crippen LogP) is 3.95. The number of nitrogens with zero attached hydrogens (tertiary/aromatic N) is 3. The first-order chi connectivity index (χ1) is 8.31. The van der Waals surface area contributed by atoms with Gasteiger partial charge in [0, 0.05) is 6.42 Å². The van der Waals surface area contributed by atoms with Crippen LogP contribution in [0.5, 0.6) is 0 Å². The molecule has 2 rings (SSSR count). The molecule has 0 saturated carbocycles. The average molecular weight is 310 g/mol. The van der Waals surface area contributed by atoms with Gasteiger partial charge in [-0.1, -0.05) is 27.7 Å². The molecular formula is C14H20BrN3. The highest BCUT2D eigenvalue weighted by Crippen LogP contribution is 2.24. The van der Waals surface area contributed by atoms with Gasteiger partial charge in [-0.2, -0.15) is 5.10 Å². The van der Waals surface area contributed by atoms with Crippen molar-refractivity contribution in [3.05, 3.63) is 27.6 Å². The number of fused-ring (bicyclic) bond motifs is 1. The van der Waals surface area contributed by atoms with Crippen LogP contribution >= 0.6 is 15.9 Å². The van der Waals surface area contributed by atoms with E-state index in [1.165, 1.54) is 11.1 Å². The lowest BCUT2D eigenvalue weighted by Gasteiger charge is -2.14. The second kappa shape index (κ2) is 4.65. The van der Waals surface area contributed by atoms with Crippen LogP contribution in [0.3, 0.4) is 0 Å². The highest BCUT2D eigenvalue weighted by atomic mass is 79.9. The van der Waals surface area contributed by atoms with Crippen molar-refractivity contribution in [3.63, 3.8) is 0 Å². The second-order valence-corrected chi connectivity index (χ2v) is 6.74. The fraction of sp³-hybridized carbons (Fsp3) is 0.571. The molecule has 18 heavy (non-hydrogen) atoms. The zero-order valence-corrected chi connectivity index (χ0v) is 13.3. The van der Waals surface area contributed by atoms with Crippen molar-refractivity contribution in [2.45, 2.75) is 47.5 Å². The maximum absolute atomic E-state index is 4.62. The van der Waals surface area contributed by atoms with Crippen molar-refractivity contribution in [1.82, 2.24) is 14.6 Å². The monoisotopic (exact) mass is 309 g/mol. The molecule has 0 atom stereocenters. The van der Waals surface area contributed by atoms with Crippen molar-refractivity contribution in [2.75, 3.05) is 0 Å². The number of pyridine rings is 1. The van der Waals surface area contributed by atoms with Gasteiger partial charge >= 0.3 is 0 Å². The van der Waals surface area contributed by atoms with E-state index in [-0.39, 0.29) is 5.41 Å². The molecule has 0 unspecified atom stereocenters. The van der Waals surface area contributed by atoms with Gasteiger partial charge in [0.1, 0.15) is 4.60 Å². The molecular weight excluding hydrogens is 290 g/mol. The Balaban J connectivity index is 2.55. The number of aromatic nitrogens is 3. The molecule has 0 bridgehead atoms. The molecule has 0 aliphatic rings. The van der Waals surface area contributed by atoms with Crippen LogP contribution in [0.2, 0.25) is 0 Å². The molecule has 0 saturated heterocycles. The Morgan fingerprint density at radius 1 is 1.33 bits per heavy atom. The lowest BCUT2D eigenvalue weighted by Crippen LogP contribution is -2.10. The Bertz CT molecular complexity index is 579. The molecule has 0 aliphatic heterocycles. The summed E-state index contributed by atoms with van der Waals surface area (Å²) in [7, 11) is 0. The fourth-order valence-corrected chi connectivity index (χ4v) is 3.01. The lowest BCUT2D eigenvalue weighted by atomic mass is 9.92. The first-order valence-corrected chi connectivity index (χ1v) is 7.15. The topological polar surface area (TPSA) is 30.2 Å². The normalized spacial score (nSPS) is 12.3. The molecule has 0 N–H and O–H groups in total. The molecule has 3 nitrogen and oxygen atoms in total. The van der Waals surface area contributed by atoms with E-state index in [1.807, 2.05) is 4.52 Å². The maximum atomic E-state index is 4.62. The minimum Gasteiger partial charge on any atom is -0.212 e. The highest BCUT2D eigenvalue weighted by molar-refractivity contribution is 9.10. The quantitative estimate of drug-likeness (QED) is 0.786. The SMILES string of the molecule is CCc1c(C)cc2nc(CC(C)(C)C)nn2c1Br. The van der Waals surface area contributed by atoms with Crippen LogP contribution in [0.15, 0.2) is 10.7 Å². The number of rotatable bonds is 2. The van der Waals surface area contributed by atoms with Gasteiger partial charge in [-0.3, -0.25) is 0 Å². The van der Waals surface area contributed by atoms with Crippen LogP contribution in [0, 0.1) is 12.3 Å². The molecule has 2 aromatic heterocycles. The summed E-state index contributed by atoms with van der Waals surface area (Å²) in [5.41, 5.74) is 3.71. The molecule has 4 heteroatoms. The molecule has 0 aromatic carbocycles. The van der Waals surface area contributed by atoms with Gasteiger partial charge in [0.15, 0.2) is 11.5 Å². The van der Waals surface area contributed by atoms with Crippen LogP contribution in [-0.4, -0.2) is 14.6 Å². The van der Waals surface area contributed by atoms with Gasteiger partial charge in [-0.05, 0) is 51.9 Å². The molecule has 0 fully saturated rings. The van der Waals surface area contributed by atoms with E-state index in [0.717, 1.165) is 28.9 Å². The zero-order chi connectivity index (χ0) is 13.5. The number of halogens is 1. The summed E-state index contributed by atoms with van der Waals surface area (Å²) in [6.45, 7) is 10.9. The lowest BCUT2D eigenvalue weighted by molar-refractivity contribution is 0.401. The molecule has 0 spiro atoms. The molecule has 2 aromatic rings. The maximum Gasteiger partial charge on any atom is 0.157 e. The van der Waals surface area contributed by atoms with E-state index < -0.39 is 0 Å². The van der Waals surface area contributed by atoms with Gasteiger partial charge in [0.25, 0.3) is 0 Å². The third-order valence-electron chi connectivity index (χ3n) is 2.97. The fourth-order valence-electron chi connectivity index (χ4n) is 2.15. The first kappa shape index (κ1) is 13.5. The van der Waals surface area contributed by atoms with E-state index >= 15 is 0 Å². The van der Waals surface area contributed by atoms with Crippen LogP contribution in [0.1, 0.15) is 44.6 Å². The van der Waals surface area contributed by atoms with Crippen molar-refractivity contribution in [3.8, 4) is 0 Å². The average Bonchev–Trinajstić information content (AvgIpc) is 2.58. The Labute approximate surface area is 117 Å². The molecule has 0 radical (unpaired) electrons. The molecule has 2 heterocycles. The number of hydrogen-bond donors (Lipinski definition) is 0. The summed E-state index contributed by atoms with van der Waals surface area (Å²) in [6.07, 6.45) is 1.89. The smallest absolute Gasteiger partial charge is 0.157 e.